The van der Waals surface area contributed by atoms with Gasteiger partial charge in [-0.25, -0.2) is 0 Å². The van der Waals surface area contributed by atoms with Gasteiger partial charge in [-0.05, 0) is 31.5 Å². The van der Waals surface area contributed by atoms with Gasteiger partial charge in [-0.3, -0.25) is 4.79 Å². The van der Waals surface area contributed by atoms with Gasteiger partial charge >= 0.3 is 0 Å². The van der Waals surface area contributed by atoms with Crippen molar-refractivity contribution in [3.05, 3.63) is 41.5 Å². The molecule has 0 heterocycles. The molecule has 1 aromatic rings. The number of rotatable bonds is 7. The van der Waals surface area contributed by atoms with Crippen molar-refractivity contribution < 1.29 is 14.3 Å². The van der Waals surface area contributed by atoms with Crippen molar-refractivity contribution in [3.8, 4) is 5.75 Å². The zero-order valence-electron chi connectivity index (χ0n) is 11.8. The van der Waals surface area contributed by atoms with E-state index in [0.717, 1.165) is 11.1 Å². The zero-order chi connectivity index (χ0) is 14.3. The van der Waals surface area contributed by atoms with Crippen LogP contribution >= 0.6 is 0 Å². The minimum absolute atomic E-state index is 0.128. The highest BCUT2D eigenvalue weighted by molar-refractivity contribution is 5.94. The first-order valence-electron chi connectivity index (χ1n) is 6.19. The van der Waals surface area contributed by atoms with Crippen LogP contribution in [-0.2, 0) is 4.74 Å². The maximum absolute atomic E-state index is 11.9. The van der Waals surface area contributed by atoms with Crippen LogP contribution in [0, 0.1) is 6.92 Å². The van der Waals surface area contributed by atoms with Crippen LogP contribution in [0.2, 0.25) is 0 Å². The number of ether oxygens (including phenoxy) is 2. The Balaban J connectivity index is 2.43. The molecule has 0 spiro atoms. The monoisotopic (exact) mass is 263 g/mol. The normalized spacial score (nSPS) is 10.1. The Morgan fingerprint density at radius 1 is 1.42 bits per heavy atom. The van der Waals surface area contributed by atoms with Gasteiger partial charge in [0.2, 0.25) is 0 Å². The second-order valence-electron chi connectivity index (χ2n) is 4.45. The summed E-state index contributed by atoms with van der Waals surface area (Å²) in [6, 6.07) is 5.38. The summed E-state index contributed by atoms with van der Waals surface area (Å²) < 4.78 is 10.5. The van der Waals surface area contributed by atoms with E-state index in [1.807, 2.05) is 19.9 Å². The van der Waals surface area contributed by atoms with Gasteiger partial charge in [0.1, 0.15) is 5.75 Å². The number of aryl methyl sites for hydroxylation is 1. The number of carbonyl (C=O) groups excluding carboxylic acids is 1. The van der Waals surface area contributed by atoms with E-state index in [9.17, 15) is 4.79 Å². The van der Waals surface area contributed by atoms with Gasteiger partial charge in [0, 0.05) is 12.1 Å². The minimum Gasteiger partial charge on any atom is -0.496 e. The van der Waals surface area contributed by atoms with Crippen LogP contribution in [0.4, 0.5) is 0 Å². The third-order valence-electron chi connectivity index (χ3n) is 2.55. The van der Waals surface area contributed by atoms with Crippen molar-refractivity contribution in [1.29, 1.82) is 0 Å². The summed E-state index contributed by atoms with van der Waals surface area (Å²) in [4.78, 5) is 11.9. The Morgan fingerprint density at radius 2 is 2.16 bits per heavy atom. The van der Waals surface area contributed by atoms with Crippen LogP contribution in [0.5, 0.6) is 5.75 Å². The molecule has 1 N–H and O–H groups in total. The van der Waals surface area contributed by atoms with E-state index in [-0.39, 0.29) is 5.91 Å². The highest BCUT2D eigenvalue weighted by atomic mass is 16.5. The van der Waals surface area contributed by atoms with E-state index in [1.54, 1.807) is 19.2 Å². The smallest absolute Gasteiger partial charge is 0.251 e. The molecule has 0 aliphatic heterocycles. The van der Waals surface area contributed by atoms with Crippen molar-refractivity contribution in [2.24, 2.45) is 0 Å². The van der Waals surface area contributed by atoms with Crippen molar-refractivity contribution in [2.45, 2.75) is 13.8 Å². The van der Waals surface area contributed by atoms with Crippen molar-refractivity contribution in [1.82, 2.24) is 5.32 Å². The molecule has 4 nitrogen and oxygen atoms in total. The van der Waals surface area contributed by atoms with E-state index in [0.29, 0.717) is 31.1 Å². The Bertz CT molecular complexity index is 455. The lowest BCUT2D eigenvalue weighted by molar-refractivity contribution is 0.0926. The molecule has 1 amide bonds. The number of hydrogen-bond acceptors (Lipinski definition) is 3. The van der Waals surface area contributed by atoms with E-state index in [4.69, 9.17) is 9.47 Å². The second kappa shape index (κ2) is 7.59. The molecular formula is C15H21NO3. The third kappa shape index (κ3) is 5.14. The molecule has 0 aromatic heterocycles. The highest BCUT2D eigenvalue weighted by Gasteiger charge is 2.07. The first-order chi connectivity index (χ1) is 9.04. The van der Waals surface area contributed by atoms with Gasteiger partial charge in [-0.15, -0.1) is 0 Å². The van der Waals surface area contributed by atoms with Crippen LogP contribution in [0.15, 0.2) is 30.4 Å². The maximum Gasteiger partial charge on any atom is 0.251 e. The highest BCUT2D eigenvalue weighted by Crippen LogP contribution is 2.18. The summed E-state index contributed by atoms with van der Waals surface area (Å²) in [7, 11) is 1.59. The van der Waals surface area contributed by atoms with Crippen LogP contribution in [0.25, 0.3) is 0 Å². The fourth-order valence-corrected chi connectivity index (χ4v) is 1.55. The average molecular weight is 263 g/mol. The number of nitrogens with one attached hydrogen (secondary N) is 1. The summed E-state index contributed by atoms with van der Waals surface area (Å²) in [6.45, 7) is 9.04. The fraction of sp³-hybridized carbons (Fsp3) is 0.400. The molecule has 4 heteroatoms. The predicted octanol–water partition coefficient (Wildman–Crippen LogP) is 2.33. The molecule has 0 bridgehead atoms. The van der Waals surface area contributed by atoms with Crippen LogP contribution < -0.4 is 10.1 Å². The number of benzene rings is 1. The van der Waals surface area contributed by atoms with Gasteiger partial charge in [0.25, 0.3) is 5.91 Å². The van der Waals surface area contributed by atoms with Gasteiger partial charge in [-0.2, -0.15) is 0 Å². The lowest BCUT2D eigenvalue weighted by atomic mass is 10.1. The maximum atomic E-state index is 11.9. The van der Waals surface area contributed by atoms with Crippen LogP contribution in [-0.4, -0.2) is 32.8 Å². The van der Waals surface area contributed by atoms with Crippen LogP contribution in [0.3, 0.4) is 0 Å². The molecule has 0 unspecified atom stereocenters. The van der Waals surface area contributed by atoms with Gasteiger partial charge in [0.15, 0.2) is 0 Å². The average Bonchev–Trinajstić information content (AvgIpc) is 2.38. The summed E-state index contributed by atoms with van der Waals surface area (Å²) in [5.74, 6) is 0.586. The molecular weight excluding hydrogens is 242 g/mol. The summed E-state index contributed by atoms with van der Waals surface area (Å²) in [6.07, 6.45) is 0. The molecule has 0 atom stereocenters. The van der Waals surface area contributed by atoms with Crippen LogP contribution in [0.1, 0.15) is 22.8 Å². The number of methoxy groups -OCH3 is 1. The van der Waals surface area contributed by atoms with Crippen molar-refractivity contribution in [2.75, 3.05) is 26.9 Å². The molecule has 19 heavy (non-hydrogen) atoms. The second-order valence-corrected chi connectivity index (χ2v) is 4.45. The van der Waals surface area contributed by atoms with Gasteiger partial charge < -0.3 is 14.8 Å². The predicted molar refractivity (Wildman–Crippen MR) is 75.7 cm³/mol. The van der Waals surface area contributed by atoms with E-state index >= 15 is 0 Å². The largest absolute Gasteiger partial charge is 0.496 e. The van der Waals surface area contributed by atoms with E-state index in [1.165, 1.54) is 0 Å². The Hall–Kier alpha value is -1.81. The molecule has 1 rings (SSSR count). The fourth-order valence-electron chi connectivity index (χ4n) is 1.55. The molecule has 0 fully saturated rings. The summed E-state index contributed by atoms with van der Waals surface area (Å²) in [5, 5.41) is 2.79. The molecule has 1 aromatic carbocycles. The van der Waals surface area contributed by atoms with E-state index in [2.05, 4.69) is 11.9 Å². The Morgan fingerprint density at radius 3 is 2.79 bits per heavy atom. The number of amides is 1. The first-order valence-corrected chi connectivity index (χ1v) is 6.19. The minimum atomic E-state index is -0.128. The third-order valence-corrected chi connectivity index (χ3v) is 2.55. The molecule has 0 saturated carbocycles. The summed E-state index contributed by atoms with van der Waals surface area (Å²) >= 11 is 0. The molecule has 0 aliphatic carbocycles. The Labute approximate surface area is 114 Å². The topological polar surface area (TPSA) is 47.6 Å². The molecule has 0 aliphatic rings. The standard InChI is InChI=1S/C15H21NO3/c1-11(2)10-19-8-7-16-15(17)13-6-5-12(3)14(9-13)18-4/h5-6,9H,1,7-8,10H2,2-4H3,(H,16,17). The molecule has 104 valence electrons. The van der Waals surface area contributed by atoms with Crippen molar-refractivity contribution >= 4 is 5.91 Å². The lowest BCUT2D eigenvalue weighted by Gasteiger charge is -2.09. The van der Waals surface area contributed by atoms with E-state index < -0.39 is 0 Å². The quantitative estimate of drug-likeness (QED) is 0.606. The summed E-state index contributed by atoms with van der Waals surface area (Å²) in [5.41, 5.74) is 2.56. The first kappa shape index (κ1) is 15.2. The zero-order valence-corrected chi connectivity index (χ0v) is 11.8. The molecule has 0 saturated heterocycles. The number of carbonyl (C=O) groups is 1. The lowest BCUT2D eigenvalue weighted by Crippen LogP contribution is -2.27. The molecule has 0 radical (unpaired) electrons. The number of hydrogen-bond donors (Lipinski definition) is 1. The Kier molecular flexibility index (Phi) is 6.09. The van der Waals surface area contributed by atoms with Gasteiger partial charge in [0.05, 0.1) is 20.3 Å². The van der Waals surface area contributed by atoms with Gasteiger partial charge in [-0.1, -0.05) is 18.2 Å². The van der Waals surface area contributed by atoms with Crippen molar-refractivity contribution in [3.63, 3.8) is 0 Å². The SMILES string of the molecule is C=C(C)COCCNC(=O)c1ccc(C)c(OC)c1.